The molecule has 0 radical (unpaired) electrons. The molecule has 2 nitrogen and oxygen atoms in total. The van der Waals surface area contributed by atoms with Gasteiger partial charge in [-0.05, 0) is 25.7 Å². The molecule has 0 bridgehead atoms. The van der Waals surface area contributed by atoms with Gasteiger partial charge in [0.25, 0.3) is 0 Å². The van der Waals surface area contributed by atoms with Crippen LogP contribution < -0.4 is 0 Å². The molecule has 0 aromatic heterocycles. The largest absolute Gasteiger partial charge is 0.362 e. The predicted molar refractivity (Wildman–Crippen MR) is 132 cm³/mol. The van der Waals surface area contributed by atoms with Gasteiger partial charge in [-0.2, -0.15) is 0 Å². The molecule has 0 aliphatic rings. The van der Waals surface area contributed by atoms with E-state index in [0.29, 0.717) is 20.7 Å². The summed E-state index contributed by atoms with van der Waals surface area (Å²) in [5, 5.41) is 0. The molecule has 5 heteroatoms. The van der Waals surface area contributed by atoms with Gasteiger partial charge in [0.1, 0.15) is 0 Å². The summed E-state index contributed by atoms with van der Waals surface area (Å²) < 4.78 is 11.5. The minimum atomic E-state index is 0.453. The first-order valence-electron chi connectivity index (χ1n) is 11.7. The standard InChI is InChI=1S/C22H49O2P3/c1-3-5-7-9-10-15-19-22(24-27-26)20-16-12-11-14-18-21(23-25)17-13-8-6-4-2/h21-22,27H,3-20,25-26H2,1-2H3. The van der Waals surface area contributed by atoms with E-state index in [1.807, 2.05) is 0 Å². The lowest BCUT2D eigenvalue weighted by Gasteiger charge is -2.17. The number of hydrogen-bond donors (Lipinski definition) is 0. The average molecular weight is 439 g/mol. The second-order valence-electron chi connectivity index (χ2n) is 8.01. The van der Waals surface area contributed by atoms with Gasteiger partial charge >= 0.3 is 0 Å². The molecule has 27 heavy (non-hydrogen) atoms. The predicted octanol–water partition coefficient (Wildman–Crippen LogP) is 8.99. The van der Waals surface area contributed by atoms with Crippen molar-refractivity contribution in [3.63, 3.8) is 0 Å². The minimum absolute atomic E-state index is 0.453. The van der Waals surface area contributed by atoms with Crippen LogP contribution in [0.4, 0.5) is 0 Å². The summed E-state index contributed by atoms with van der Waals surface area (Å²) in [6.45, 7) is 4.55. The zero-order chi connectivity index (χ0) is 20.0. The molecule has 0 amide bonds. The Balaban J connectivity index is 3.63. The lowest BCUT2D eigenvalue weighted by Crippen LogP contribution is -2.09. The first-order chi connectivity index (χ1) is 13.3. The number of unbranched alkanes of at least 4 members (excludes halogenated alkanes) is 11. The molecular formula is C22H49O2P3. The van der Waals surface area contributed by atoms with Crippen LogP contribution in [0, 0.1) is 0 Å². The van der Waals surface area contributed by atoms with Gasteiger partial charge in [0, 0.05) is 18.0 Å². The molecule has 0 rings (SSSR count). The van der Waals surface area contributed by atoms with Gasteiger partial charge in [0.2, 0.25) is 0 Å². The second-order valence-corrected chi connectivity index (χ2v) is 9.46. The van der Waals surface area contributed by atoms with Crippen molar-refractivity contribution >= 4 is 26.9 Å². The molecule has 0 saturated carbocycles. The van der Waals surface area contributed by atoms with E-state index < -0.39 is 0 Å². The maximum atomic E-state index is 5.96. The highest BCUT2D eigenvalue weighted by atomic mass is 32.0. The fraction of sp³-hybridized carbons (Fsp3) is 1.00. The van der Waals surface area contributed by atoms with Crippen molar-refractivity contribution in [3.05, 3.63) is 0 Å². The summed E-state index contributed by atoms with van der Waals surface area (Å²) in [5.74, 6) is 0. The topological polar surface area (TPSA) is 18.5 Å². The molecule has 164 valence electrons. The Hall–Kier alpha value is 1.21. The van der Waals surface area contributed by atoms with E-state index in [0.717, 1.165) is 0 Å². The lowest BCUT2D eigenvalue weighted by molar-refractivity contribution is 0.197. The SMILES string of the molecule is CCCCCCCCC(CCCCCCC(CCCCCC)OP)OPP. The maximum absolute atomic E-state index is 5.96. The van der Waals surface area contributed by atoms with Gasteiger partial charge in [-0.15, -0.1) is 0 Å². The molecule has 5 unspecified atom stereocenters. The van der Waals surface area contributed by atoms with Crippen molar-refractivity contribution in [3.8, 4) is 0 Å². The smallest absolute Gasteiger partial charge is 0.0618 e. The summed E-state index contributed by atoms with van der Waals surface area (Å²) in [6.07, 6.45) is 24.8. The summed E-state index contributed by atoms with van der Waals surface area (Å²) in [5.41, 5.74) is 0. The lowest BCUT2D eigenvalue weighted by atomic mass is 10.0. The van der Waals surface area contributed by atoms with Gasteiger partial charge in [-0.3, -0.25) is 0 Å². The Labute approximate surface area is 177 Å². The summed E-state index contributed by atoms with van der Waals surface area (Å²) in [4.78, 5) is 0. The highest BCUT2D eigenvalue weighted by Crippen LogP contribution is 2.28. The monoisotopic (exact) mass is 438 g/mol. The van der Waals surface area contributed by atoms with E-state index in [2.05, 4.69) is 32.2 Å². The van der Waals surface area contributed by atoms with Crippen LogP contribution in [0.3, 0.4) is 0 Å². The number of rotatable bonds is 22. The van der Waals surface area contributed by atoms with Crippen LogP contribution in [0.1, 0.15) is 129 Å². The van der Waals surface area contributed by atoms with Crippen LogP contribution in [0.15, 0.2) is 0 Å². The quantitative estimate of drug-likeness (QED) is 0.124. The molecule has 5 atom stereocenters. The van der Waals surface area contributed by atoms with Gasteiger partial charge < -0.3 is 9.05 Å². The van der Waals surface area contributed by atoms with Crippen LogP contribution in [0.25, 0.3) is 0 Å². The van der Waals surface area contributed by atoms with Crippen LogP contribution in [0.2, 0.25) is 0 Å². The molecular weight excluding hydrogens is 389 g/mol. The first-order valence-corrected chi connectivity index (χ1v) is 14.9. The maximum Gasteiger partial charge on any atom is 0.0618 e. The van der Waals surface area contributed by atoms with Crippen LogP contribution >= 0.6 is 26.9 Å². The fourth-order valence-corrected chi connectivity index (χ4v) is 4.97. The van der Waals surface area contributed by atoms with Crippen molar-refractivity contribution < 1.29 is 9.05 Å². The minimum Gasteiger partial charge on any atom is -0.362 e. The van der Waals surface area contributed by atoms with Gasteiger partial charge in [-0.1, -0.05) is 113 Å². The van der Waals surface area contributed by atoms with Crippen molar-refractivity contribution in [2.24, 2.45) is 0 Å². The molecule has 0 spiro atoms. The summed E-state index contributed by atoms with van der Waals surface area (Å²) in [7, 11) is 5.79. The van der Waals surface area contributed by atoms with E-state index in [4.69, 9.17) is 9.05 Å². The Morgan fingerprint density at radius 1 is 0.593 bits per heavy atom. The third kappa shape index (κ3) is 20.3. The molecule has 0 aromatic carbocycles. The van der Waals surface area contributed by atoms with Crippen LogP contribution in [-0.4, -0.2) is 12.2 Å². The Bertz CT molecular complexity index is 280. The van der Waals surface area contributed by atoms with Gasteiger partial charge in [0.05, 0.1) is 12.2 Å². The molecule has 0 aliphatic carbocycles. The highest BCUT2D eigenvalue weighted by molar-refractivity contribution is 8.00. The Morgan fingerprint density at radius 3 is 1.37 bits per heavy atom. The van der Waals surface area contributed by atoms with Crippen molar-refractivity contribution in [2.45, 2.75) is 142 Å². The normalized spacial score (nSPS) is 14.2. The van der Waals surface area contributed by atoms with Crippen molar-refractivity contribution in [2.75, 3.05) is 0 Å². The summed E-state index contributed by atoms with van der Waals surface area (Å²) in [6, 6.07) is 0. The summed E-state index contributed by atoms with van der Waals surface area (Å²) >= 11 is 0. The Kier molecular flexibility index (Phi) is 24.5. The Morgan fingerprint density at radius 2 is 0.963 bits per heavy atom. The van der Waals surface area contributed by atoms with Gasteiger partial charge in [0.15, 0.2) is 0 Å². The van der Waals surface area contributed by atoms with E-state index >= 15 is 0 Å². The highest BCUT2D eigenvalue weighted by Gasteiger charge is 2.09. The van der Waals surface area contributed by atoms with E-state index in [1.165, 1.54) is 116 Å². The molecule has 0 aromatic rings. The third-order valence-electron chi connectivity index (χ3n) is 5.49. The molecule has 0 aliphatic heterocycles. The fourth-order valence-electron chi connectivity index (χ4n) is 3.69. The van der Waals surface area contributed by atoms with Crippen molar-refractivity contribution in [1.82, 2.24) is 0 Å². The molecule has 0 fully saturated rings. The van der Waals surface area contributed by atoms with Crippen molar-refractivity contribution in [1.29, 1.82) is 0 Å². The van der Waals surface area contributed by atoms with Crippen LogP contribution in [0.5, 0.6) is 0 Å². The average Bonchev–Trinajstić information content (AvgIpc) is 2.68. The zero-order valence-corrected chi connectivity index (χ0v) is 21.7. The zero-order valence-electron chi connectivity index (χ0n) is 18.4. The molecule has 0 N–H and O–H groups in total. The van der Waals surface area contributed by atoms with E-state index in [9.17, 15) is 0 Å². The number of hydrogen-bond acceptors (Lipinski definition) is 2. The molecule has 0 saturated heterocycles. The third-order valence-corrected chi connectivity index (χ3v) is 6.75. The van der Waals surface area contributed by atoms with E-state index in [1.54, 1.807) is 0 Å². The first kappa shape index (κ1) is 28.2. The van der Waals surface area contributed by atoms with Gasteiger partial charge in [-0.25, -0.2) is 0 Å². The van der Waals surface area contributed by atoms with Crippen LogP contribution in [-0.2, 0) is 9.05 Å². The molecule has 0 heterocycles. The second kappa shape index (κ2) is 23.5. The van der Waals surface area contributed by atoms with E-state index in [-0.39, 0.29) is 0 Å².